The minimum Gasteiger partial charge on any atom is -0.480 e. The summed E-state index contributed by atoms with van der Waals surface area (Å²) >= 11 is 0. The highest BCUT2D eigenvalue weighted by Crippen LogP contribution is 2.08. The van der Waals surface area contributed by atoms with Crippen molar-refractivity contribution >= 4 is 12.0 Å². The van der Waals surface area contributed by atoms with Gasteiger partial charge in [-0.1, -0.05) is 34.1 Å². The molecule has 19 heavy (non-hydrogen) atoms. The Bertz CT molecular complexity index is 292. The van der Waals surface area contributed by atoms with Crippen LogP contribution in [-0.4, -0.2) is 41.1 Å². The molecule has 0 aliphatic heterocycles. The molecule has 0 aromatic rings. The zero-order valence-corrected chi connectivity index (χ0v) is 12.8. The Morgan fingerprint density at radius 1 is 1.21 bits per heavy atom. The summed E-state index contributed by atoms with van der Waals surface area (Å²) in [6.07, 6.45) is 1.44. The maximum Gasteiger partial charge on any atom is 0.326 e. The van der Waals surface area contributed by atoms with Gasteiger partial charge in [0.15, 0.2) is 0 Å². The SMILES string of the molecule is CCC(C)CN(CC)C(=O)NC(CC(C)C)C(=O)O. The van der Waals surface area contributed by atoms with Crippen molar-refractivity contribution in [1.29, 1.82) is 0 Å². The van der Waals surface area contributed by atoms with Crippen LogP contribution < -0.4 is 5.32 Å². The maximum atomic E-state index is 12.1. The summed E-state index contributed by atoms with van der Waals surface area (Å²) in [5.41, 5.74) is 0. The van der Waals surface area contributed by atoms with Crippen molar-refractivity contribution in [1.82, 2.24) is 10.2 Å². The molecule has 0 aromatic heterocycles. The first-order valence-electron chi connectivity index (χ1n) is 7.09. The second kappa shape index (κ2) is 8.77. The Morgan fingerprint density at radius 3 is 2.16 bits per heavy atom. The van der Waals surface area contributed by atoms with Gasteiger partial charge in [-0.2, -0.15) is 0 Å². The van der Waals surface area contributed by atoms with Crippen LogP contribution in [0.2, 0.25) is 0 Å². The molecule has 2 unspecified atom stereocenters. The zero-order valence-electron chi connectivity index (χ0n) is 12.8. The van der Waals surface area contributed by atoms with Gasteiger partial charge in [-0.15, -0.1) is 0 Å². The van der Waals surface area contributed by atoms with Gasteiger partial charge in [0.25, 0.3) is 0 Å². The van der Waals surface area contributed by atoms with Crippen LogP contribution in [0.15, 0.2) is 0 Å². The number of aliphatic carboxylic acids is 1. The van der Waals surface area contributed by atoms with E-state index in [0.717, 1.165) is 6.42 Å². The minimum absolute atomic E-state index is 0.228. The minimum atomic E-state index is -0.971. The van der Waals surface area contributed by atoms with Crippen LogP contribution in [-0.2, 0) is 4.79 Å². The van der Waals surface area contributed by atoms with Gasteiger partial charge >= 0.3 is 12.0 Å². The molecule has 0 bridgehead atoms. The summed E-state index contributed by atoms with van der Waals surface area (Å²) < 4.78 is 0. The number of amides is 2. The highest BCUT2D eigenvalue weighted by atomic mass is 16.4. The number of nitrogens with zero attached hydrogens (tertiary/aromatic N) is 1. The molecule has 0 fully saturated rings. The normalized spacial score (nSPS) is 14.0. The van der Waals surface area contributed by atoms with Gasteiger partial charge in [-0.3, -0.25) is 0 Å². The van der Waals surface area contributed by atoms with Gasteiger partial charge in [-0.05, 0) is 25.2 Å². The molecule has 0 heterocycles. The van der Waals surface area contributed by atoms with E-state index in [1.54, 1.807) is 4.90 Å². The van der Waals surface area contributed by atoms with E-state index in [9.17, 15) is 9.59 Å². The lowest BCUT2D eigenvalue weighted by molar-refractivity contribution is -0.139. The third kappa shape index (κ3) is 7.03. The van der Waals surface area contributed by atoms with Crippen molar-refractivity contribution in [3.05, 3.63) is 0 Å². The fourth-order valence-corrected chi connectivity index (χ4v) is 1.79. The number of urea groups is 1. The smallest absolute Gasteiger partial charge is 0.326 e. The lowest BCUT2D eigenvalue weighted by atomic mass is 10.0. The number of rotatable bonds is 8. The molecule has 112 valence electrons. The predicted octanol–water partition coefficient (Wildman–Crippen LogP) is 2.56. The molecule has 0 aromatic carbocycles. The Morgan fingerprint density at radius 2 is 1.79 bits per heavy atom. The fraction of sp³-hybridized carbons (Fsp3) is 0.857. The summed E-state index contributed by atoms with van der Waals surface area (Å²) in [5.74, 6) is -0.327. The van der Waals surface area contributed by atoms with E-state index in [2.05, 4.69) is 19.2 Å². The van der Waals surface area contributed by atoms with Gasteiger partial charge in [0, 0.05) is 13.1 Å². The van der Waals surface area contributed by atoms with E-state index in [4.69, 9.17) is 5.11 Å². The van der Waals surface area contributed by atoms with E-state index in [-0.39, 0.29) is 11.9 Å². The summed E-state index contributed by atoms with van der Waals surface area (Å²) in [7, 11) is 0. The molecule has 0 saturated heterocycles. The van der Waals surface area contributed by atoms with Crippen LogP contribution in [0.1, 0.15) is 47.5 Å². The quantitative estimate of drug-likeness (QED) is 0.713. The Kier molecular flexibility index (Phi) is 8.19. The topological polar surface area (TPSA) is 69.6 Å². The lowest BCUT2D eigenvalue weighted by Gasteiger charge is -2.26. The molecular weight excluding hydrogens is 244 g/mol. The Hall–Kier alpha value is -1.26. The van der Waals surface area contributed by atoms with Gasteiger partial charge in [-0.25, -0.2) is 9.59 Å². The third-order valence-electron chi connectivity index (χ3n) is 3.20. The van der Waals surface area contributed by atoms with Crippen molar-refractivity contribution in [3.8, 4) is 0 Å². The van der Waals surface area contributed by atoms with Crippen LogP contribution in [0.3, 0.4) is 0 Å². The van der Waals surface area contributed by atoms with Crippen molar-refractivity contribution in [2.24, 2.45) is 11.8 Å². The zero-order chi connectivity index (χ0) is 15.0. The predicted molar refractivity (Wildman–Crippen MR) is 76.1 cm³/mol. The molecule has 0 aliphatic rings. The summed E-state index contributed by atoms with van der Waals surface area (Å²) in [6.45, 7) is 11.2. The van der Waals surface area contributed by atoms with Crippen LogP contribution in [0.25, 0.3) is 0 Å². The van der Waals surface area contributed by atoms with Crippen molar-refractivity contribution in [3.63, 3.8) is 0 Å². The number of hydrogen-bond acceptors (Lipinski definition) is 2. The monoisotopic (exact) mass is 272 g/mol. The first-order valence-corrected chi connectivity index (χ1v) is 7.09. The molecule has 2 N–H and O–H groups in total. The number of nitrogens with one attached hydrogen (secondary N) is 1. The van der Waals surface area contributed by atoms with Crippen LogP contribution in [0, 0.1) is 11.8 Å². The molecular formula is C14H28N2O3. The second-order valence-electron chi connectivity index (χ2n) is 5.52. The van der Waals surface area contributed by atoms with Crippen molar-refractivity contribution in [2.45, 2.75) is 53.5 Å². The van der Waals surface area contributed by atoms with Gasteiger partial charge in [0.1, 0.15) is 6.04 Å². The average molecular weight is 272 g/mol. The number of hydrogen-bond donors (Lipinski definition) is 2. The molecule has 0 spiro atoms. The fourth-order valence-electron chi connectivity index (χ4n) is 1.79. The third-order valence-corrected chi connectivity index (χ3v) is 3.20. The molecule has 5 nitrogen and oxygen atoms in total. The van der Waals surface area contributed by atoms with E-state index in [1.807, 2.05) is 20.8 Å². The van der Waals surface area contributed by atoms with Crippen molar-refractivity contribution < 1.29 is 14.7 Å². The summed E-state index contributed by atoms with van der Waals surface area (Å²) in [5, 5.41) is 11.7. The molecule has 5 heteroatoms. The highest BCUT2D eigenvalue weighted by Gasteiger charge is 2.23. The number of carboxylic acid groups (broad SMARTS) is 1. The van der Waals surface area contributed by atoms with E-state index >= 15 is 0 Å². The molecule has 2 atom stereocenters. The summed E-state index contributed by atoms with van der Waals surface area (Å²) in [6, 6.07) is -1.09. The second-order valence-corrected chi connectivity index (χ2v) is 5.52. The first kappa shape index (κ1) is 17.7. The Labute approximate surface area is 116 Å². The maximum absolute atomic E-state index is 12.1. The van der Waals surface area contributed by atoms with Gasteiger partial charge < -0.3 is 15.3 Å². The van der Waals surface area contributed by atoms with E-state index in [0.29, 0.717) is 25.4 Å². The largest absolute Gasteiger partial charge is 0.480 e. The average Bonchev–Trinajstić information content (AvgIpc) is 2.33. The number of carbonyl (C=O) groups is 2. The molecule has 2 amide bonds. The molecule has 0 saturated carbocycles. The lowest BCUT2D eigenvalue weighted by Crippen LogP contribution is -2.49. The molecule has 0 rings (SSSR count). The number of carbonyl (C=O) groups excluding carboxylic acids is 1. The van der Waals surface area contributed by atoms with Gasteiger partial charge in [0.05, 0.1) is 0 Å². The summed E-state index contributed by atoms with van der Waals surface area (Å²) in [4.78, 5) is 24.9. The van der Waals surface area contributed by atoms with Crippen LogP contribution in [0.4, 0.5) is 4.79 Å². The van der Waals surface area contributed by atoms with Crippen molar-refractivity contribution in [2.75, 3.05) is 13.1 Å². The Balaban J connectivity index is 4.54. The van der Waals surface area contributed by atoms with E-state index < -0.39 is 12.0 Å². The van der Waals surface area contributed by atoms with Crippen LogP contribution >= 0.6 is 0 Å². The standard InChI is InChI=1S/C14H28N2O3/c1-6-11(5)9-16(7-2)14(19)15-12(13(17)18)8-10(3)4/h10-12H,6-9H2,1-5H3,(H,15,19)(H,17,18). The molecule has 0 aliphatic carbocycles. The highest BCUT2D eigenvalue weighted by molar-refractivity contribution is 5.82. The van der Waals surface area contributed by atoms with E-state index in [1.165, 1.54) is 0 Å². The first-order chi connectivity index (χ1) is 8.81. The van der Waals surface area contributed by atoms with Gasteiger partial charge in [0.2, 0.25) is 0 Å². The van der Waals surface area contributed by atoms with Crippen LogP contribution in [0.5, 0.6) is 0 Å². The number of carboxylic acids is 1. The molecule has 0 radical (unpaired) electrons.